The van der Waals surface area contributed by atoms with Gasteiger partial charge >= 0.3 is 0 Å². The van der Waals surface area contributed by atoms with Crippen molar-refractivity contribution < 1.29 is 8.78 Å². The van der Waals surface area contributed by atoms with Gasteiger partial charge in [0, 0.05) is 36.5 Å². The van der Waals surface area contributed by atoms with E-state index in [1.807, 2.05) is 55.5 Å². The van der Waals surface area contributed by atoms with E-state index in [0.29, 0.717) is 24.3 Å². The number of H-pyrrole nitrogens is 1. The van der Waals surface area contributed by atoms with E-state index in [2.05, 4.69) is 4.98 Å². The molecule has 1 saturated heterocycles. The van der Waals surface area contributed by atoms with Crippen LogP contribution in [0.15, 0.2) is 53.3 Å². The van der Waals surface area contributed by atoms with Crippen molar-refractivity contribution in [2.45, 2.75) is 32.7 Å². The normalized spacial score (nSPS) is 15.6. The Kier molecular flexibility index (Phi) is 6.89. The van der Waals surface area contributed by atoms with Crippen LogP contribution in [0.3, 0.4) is 0 Å². The standard InChI is InChI=1S/C24H23ClF2N2O.ClH/c1-15-21(23(30)22(25)16(2)28-15)20-9-7-19(8-10-20)18-5-3-17(4-6-18)13-29-12-11-24(26,27)14-29;/h3-10H,11-14H2,1-2H3,(H,28,30);1H. The number of rotatable bonds is 4. The summed E-state index contributed by atoms with van der Waals surface area (Å²) in [5, 5.41) is 0.214. The highest BCUT2D eigenvalue weighted by molar-refractivity contribution is 6.31. The highest BCUT2D eigenvalue weighted by Gasteiger charge is 2.37. The number of aromatic amines is 1. The number of nitrogens with zero attached hydrogens (tertiary/aromatic N) is 1. The van der Waals surface area contributed by atoms with E-state index in [-0.39, 0.29) is 35.8 Å². The summed E-state index contributed by atoms with van der Waals surface area (Å²) in [6, 6.07) is 15.7. The van der Waals surface area contributed by atoms with Gasteiger partial charge in [-0.15, -0.1) is 12.4 Å². The Bertz CT molecular complexity index is 1130. The summed E-state index contributed by atoms with van der Waals surface area (Å²) in [4.78, 5) is 17.5. The van der Waals surface area contributed by atoms with Crippen molar-refractivity contribution in [3.8, 4) is 22.3 Å². The van der Waals surface area contributed by atoms with Crippen LogP contribution in [0.4, 0.5) is 8.78 Å². The van der Waals surface area contributed by atoms with Crippen molar-refractivity contribution >= 4 is 24.0 Å². The predicted molar refractivity (Wildman–Crippen MR) is 125 cm³/mol. The maximum absolute atomic E-state index is 13.4. The Hall–Kier alpha value is -2.21. The van der Waals surface area contributed by atoms with Crippen molar-refractivity contribution in [1.29, 1.82) is 0 Å². The molecule has 1 aliphatic heterocycles. The molecule has 1 fully saturated rings. The van der Waals surface area contributed by atoms with Gasteiger partial charge < -0.3 is 4.98 Å². The summed E-state index contributed by atoms with van der Waals surface area (Å²) in [6.07, 6.45) is -0.0636. The summed E-state index contributed by atoms with van der Waals surface area (Å²) >= 11 is 6.13. The van der Waals surface area contributed by atoms with E-state index in [0.717, 1.165) is 27.9 Å². The number of nitrogens with one attached hydrogen (secondary N) is 1. The molecule has 1 aliphatic rings. The lowest BCUT2D eigenvalue weighted by molar-refractivity contribution is 0.0115. The number of benzene rings is 2. The molecule has 0 aliphatic carbocycles. The van der Waals surface area contributed by atoms with Crippen LogP contribution in [0.1, 0.15) is 23.4 Å². The maximum Gasteiger partial charge on any atom is 0.261 e. The van der Waals surface area contributed by atoms with E-state index >= 15 is 0 Å². The van der Waals surface area contributed by atoms with Crippen LogP contribution in [0.5, 0.6) is 0 Å². The Morgan fingerprint density at radius 1 is 0.968 bits per heavy atom. The first-order valence-electron chi connectivity index (χ1n) is 9.92. The average Bonchev–Trinajstić information content (AvgIpc) is 3.06. The second-order valence-corrected chi connectivity index (χ2v) is 8.36. The van der Waals surface area contributed by atoms with Gasteiger partial charge in [0.25, 0.3) is 5.92 Å². The summed E-state index contributed by atoms with van der Waals surface area (Å²) in [5.41, 5.74) is 5.74. The number of hydrogen-bond acceptors (Lipinski definition) is 2. The van der Waals surface area contributed by atoms with Crippen LogP contribution in [0.2, 0.25) is 5.02 Å². The fourth-order valence-corrected chi connectivity index (χ4v) is 4.17. The maximum atomic E-state index is 13.4. The molecule has 31 heavy (non-hydrogen) atoms. The fraction of sp³-hybridized carbons (Fsp3) is 0.292. The van der Waals surface area contributed by atoms with Crippen molar-refractivity contribution in [2.75, 3.05) is 13.1 Å². The Labute approximate surface area is 191 Å². The lowest BCUT2D eigenvalue weighted by Crippen LogP contribution is -2.24. The lowest BCUT2D eigenvalue weighted by atomic mass is 9.98. The molecular formula is C24H24Cl2F2N2O. The van der Waals surface area contributed by atoms with Gasteiger partial charge in [0.1, 0.15) is 5.02 Å². The predicted octanol–water partition coefficient (Wildman–Crippen LogP) is 6.24. The minimum absolute atomic E-state index is 0. The molecular weight excluding hydrogens is 441 g/mol. The van der Waals surface area contributed by atoms with E-state index in [4.69, 9.17) is 11.6 Å². The molecule has 0 unspecified atom stereocenters. The van der Waals surface area contributed by atoms with Crippen molar-refractivity contribution in [1.82, 2.24) is 9.88 Å². The van der Waals surface area contributed by atoms with Crippen molar-refractivity contribution in [2.24, 2.45) is 0 Å². The topological polar surface area (TPSA) is 36.1 Å². The molecule has 2 aromatic carbocycles. The van der Waals surface area contributed by atoms with Gasteiger partial charge in [-0.2, -0.15) is 0 Å². The third kappa shape index (κ3) is 5.00. The number of halogens is 4. The minimum atomic E-state index is -2.57. The molecule has 3 nitrogen and oxygen atoms in total. The summed E-state index contributed by atoms with van der Waals surface area (Å²) in [5.74, 6) is -2.57. The Morgan fingerprint density at radius 3 is 2.06 bits per heavy atom. The number of aryl methyl sites for hydroxylation is 2. The molecule has 4 rings (SSSR count). The van der Waals surface area contributed by atoms with Crippen molar-refractivity contribution in [3.05, 3.63) is 80.7 Å². The van der Waals surface area contributed by atoms with Gasteiger partial charge in [-0.05, 0) is 36.1 Å². The number of pyridine rings is 1. The fourth-order valence-electron chi connectivity index (χ4n) is 4.03. The number of aromatic nitrogens is 1. The average molecular weight is 465 g/mol. The first-order valence-corrected chi connectivity index (χ1v) is 10.3. The largest absolute Gasteiger partial charge is 0.361 e. The van der Waals surface area contributed by atoms with Gasteiger partial charge in [-0.1, -0.05) is 60.1 Å². The molecule has 0 radical (unpaired) electrons. The molecule has 1 N–H and O–H groups in total. The third-order valence-corrected chi connectivity index (χ3v) is 6.08. The quantitative estimate of drug-likeness (QED) is 0.495. The lowest BCUT2D eigenvalue weighted by Gasteiger charge is -2.15. The molecule has 7 heteroatoms. The van der Waals surface area contributed by atoms with E-state index in [9.17, 15) is 13.6 Å². The van der Waals surface area contributed by atoms with Gasteiger partial charge in [-0.25, -0.2) is 8.78 Å². The van der Waals surface area contributed by atoms with E-state index in [1.54, 1.807) is 11.8 Å². The van der Waals surface area contributed by atoms with Crippen LogP contribution < -0.4 is 5.43 Å². The molecule has 0 atom stereocenters. The second kappa shape index (κ2) is 9.11. The third-order valence-electron chi connectivity index (χ3n) is 5.62. The highest BCUT2D eigenvalue weighted by atomic mass is 35.5. The number of hydrogen-bond donors (Lipinski definition) is 1. The summed E-state index contributed by atoms with van der Waals surface area (Å²) in [6.45, 7) is 4.44. The highest BCUT2D eigenvalue weighted by Crippen LogP contribution is 2.29. The Balaban J connectivity index is 0.00000272. The molecule has 0 bridgehead atoms. The molecule has 1 aromatic heterocycles. The molecule has 0 saturated carbocycles. The van der Waals surface area contributed by atoms with Crippen LogP contribution in [0, 0.1) is 13.8 Å². The molecule has 0 amide bonds. The van der Waals surface area contributed by atoms with Crippen LogP contribution in [-0.2, 0) is 6.54 Å². The van der Waals surface area contributed by atoms with Crippen molar-refractivity contribution in [3.63, 3.8) is 0 Å². The minimum Gasteiger partial charge on any atom is -0.361 e. The zero-order valence-corrected chi connectivity index (χ0v) is 18.9. The summed E-state index contributed by atoms with van der Waals surface area (Å²) in [7, 11) is 0. The Morgan fingerprint density at radius 2 is 1.52 bits per heavy atom. The molecule has 164 valence electrons. The van der Waals surface area contributed by atoms with Crippen LogP contribution in [-0.4, -0.2) is 28.9 Å². The first kappa shape index (κ1) is 23.5. The number of likely N-dealkylation sites (tertiary alicyclic amines) is 1. The summed E-state index contributed by atoms with van der Waals surface area (Å²) < 4.78 is 26.7. The molecule has 3 aromatic rings. The van der Waals surface area contributed by atoms with Gasteiger partial charge in [0.05, 0.1) is 6.54 Å². The number of alkyl halides is 2. The first-order chi connectivity index (χ1) is 14.2. The van der Waals surface area contributed by atoms with Crippen LogP contribution in [0.25, 0.3) is 22.3 Å². The zero-order valence-electron chi connectivity index (χ0n) is 17.3. The zero-order chi connectivity index (χ0) is 21.5. The smallest absolute Gasteiger partial charge is 0.261 e. The SMILES string of the molecule is Cc1[nH]c(C)c(-c2ccc(-c3ccc(CN4CCC(F)(F)C4)cc3)cc2)c(=O)c1Cl.Cl. The van der Waals surface area contributed by atoms with Gasteiger partial charge in [-0.3, -0.25) is 9.69 Å². The molecule has 0 spiro atoms. The van der Waals surface area contributed by atoms with Gasteiger partial charge in [0.15, 0.2) is 0 Å². The molecule has 2 heterocycles. The second-order valence-electron chi connectivity index (χ2n) is 7.98. The van der Waals surface area contributed by atoms with Crippen LogP contribution >= 0.6 is 24.0 Å². The van der Waals surface area contributed by atoms with E-state index in [1.165, 1.54) is 0 Å². The monoisotopic (exact) mass is 464 g/mol. The van der Waals surface area contributed by atoms with Gasteiger partial charge in [0.2, 0.25) is 5.43 Å². The van der Waals surface area contributed by atoms with E-state index < -0.39 is 5.92 Å².